The summed E-state index contributed by atoms with van der Waals surface area (Å²) in [6.45, 7) is 3.73. The molecule has 1 amide bonds. The molecule has 0 aliphatic carbocycles. The van der Waals surface area contributed by atoms with Gasteiger partial charge in [0.15, 0.2) is 0 Å². The van der Waals surface area contributed by atoms with E-state index in [0.29, 0.717) is 12.2 Å². The summed E-state index contributed by atoms with van der Waals surface area (Å²) in [5.41, 5.74) is 0.425. The van der Waals surface area contributed by atoms with Crippen LogP contribution in [0, 0.1) is 0 Å². The van der Waals surface area contributed by atoms with Crippen LogP contribution in [0.5, 0.6) is 0 Å². The Morgan fingerprint density at radius 3 is 2.84 bits per heavy atom. The lowest BCUT2D eigenvalue weighted by atomic mass is 10.0. The van der Waals surface area contributed by atoms with Crippen molar-refractivity contribution in [3.8, 4) is 0 Å². The van der Waals surface area contributed by atoms with Crippen molar-refractivity contribution in [2.24, 2.45) is 0 Å². The molecule has 2 unspecified atom stereocenters. The predicted molar refractivity (Wildman–Crippen MR) is 95.0 cm³/mol. The van der Waals surface area contributed by atoms with E-state index in [0.717, 1.165) is 38.6 Å². The third kappa shape index (κ3) is 4.40. The highest BCUT2D eigenvalue weighted by atomic mass is 32.2. The van der Waals surface area contributed by atoms with Crippen molar-refractivity contribution < 1.29 is 17.9 Å². The van der Waals surface area contributed by atoms with Gasteiger partial charge in [0.2, 0.25) is 10.0 Å². The molecule has 2 heterocycles. The predicted octanol–water partition coefficient (Wildman–Crippen LogP) is 2.16. The molecule has 2 aliphatic heterocycles. The molecule has 0 spiro atoms. The second-order valence-corrected chi connectivity index (χ2v) is 8.63. The molecule has 1 aromatic carbocycles. The van der Waals surface area contributed by atoms with E-state index in [1.807, 2.05) is 11.8 Å². The monoisotopic (exact) mass is 366 g/mol. The lowest BCUT2D eigenvalue weighted by Gasteiger charge is -2.33. The molecule has 25 heavy (non-hydrogen) atoms. The fourth-order valence-electron chi connectivity index (χ4n) is 3.45. The summed E-state index contributed by atoms with van der Waals surface area (Å²) < 4.78 is 33.1. The number of nitrogens with one attached hydrogen (secondary N) is 1. The molecular formula is C18H26N2O4S. The Balaban J connectivity index is 1.72. The van der Waals surface area contributed by atoms with Gasteiger partial charge in [-0.25, -0.2) is 13.1 Å². The third-order valence-electron chi connectivity index (χ3n) is 4.98. The highest BCUT2D eigenvalue weighted by Crippen LogP contribution is 2.21. The number of nitrogens with zero attached hydrogens (tertiary/aromatic N) is 1. The molecule has 7 heteroatoms. The van der Waals surface area contributed by atoms with Crippen LogP contribution in [-0.4, -0.2) is 51.1 Å². The number of sulfonamides is 1. The number of likely N-dealkylation sites (tertiary alicyclic amines) is 1. The molecule has 138 valence electrons. The van der Waals surface area contributed by atoms with Crippen molar-refractivity contribution in [2.45, 2.75) is 56.1 Å². The van der Waals surface area contributed by atoms with Gasteiger partial charge in [0.25, 0.3) is 5.91 Å². The molecule has 2 aliphatic rings. The van der Waals surface area contributed by atoms with Crippen molar-refractivity contribution in [1.82, 2.24) is 9.62 Å². The number of rotatable bonds is 5. The van der Waals surface area contributed by atoms with Crippen molar-refractivity contribution in [2.75, 3.05) is 19.7 Å². The van der Waals surface area contributed by atoms with Crippen LogP contribution < -0.4 is 4.72 Å². The largest absolute Gasteiger partial charge is 0.377 e. The molecular weight excluding hydrogens is 340 g/mol. The van der Waals surface area contributed by atoms with Crippen LogP contribution in [0.2, 0.25) is 0 Å². The van der Waals surface area contributed by atoms with Gasteiger partial charge in [0.05, 0.1) is 11.0 Å². The quantitative estimate of drug-likeness (QED) is 0.866. The van der Waals surface area contributed by atoms with Gasteiger partial charge in [-0.1, -0.05) is 6.07 Å². The van der Waals surface area contributed by atoms with Crippen molar-refractivity contribution >= 4 is 15.9 Å². The summed E-state index contributed by atoms with van der Waals surface area (Å²) in [6.07, 6.45) is 4.89. The van der Waals surface area contributed by atoms with E-state index in [9.17, 15) is 13.2 Å². The first-order chi connectivity index (χ1) is 12.0. The molecule has 0 bridgehead atoms. The number of carbonyl (C=O) groups is 1. The van der Waals surface area contributed by atoms with E-state index < -0.39 is 10.0 Å². The van der Waals surface area contributed by atoms with Crippen LogP contribution in [-0.2, 0) is 14.8 Å². The number of benzene rings is 1. The van der Waals surface area contributed by atoms with Crippen LogP contribution in [0.3, 0.4) is 0 Å². The first-order valence-electron chi connectivity index (χ1n) is 9.00. The van der Waals surface area contributed by atoms with Gasteiger partial charge < -0.3 is 9.64 Å². The molecule has 2 saturated heterocycles. The van der Waals surface area contributed by atoms with Gasteiger partial charge in [-0.15, -0.1) is 0 Å². The lowest BCUT2D eigenvalue weighted by Crippen LogP contribution is -2.42. The summed E-state index contributed by atoms with van der Waals surface area (Å²) in [4.78, 5) is 14.7. The Hall–Kier alpha value is -1.44. The molecule has 0 radical (unpaired) electrons. The average molecular weight is 366 g/mol. The maximum absolute atomic E-state index is 12.7. The van der Waals surface area contributed by atoms with Crippen molar-refractivity contribution in [3.05, 3.63) is 29.8 Å². The Bertz CT molecular complexity index is 714. The van der Waals surface area contributed by atoms with E-state index in [2.05, 4.69) is 4.72 Å². The zero-order chi connectivity index (χ0) is 17.9. The van der Waals surface area contributed by atoms with Crippen molar-refractivity contribution in [1.29, 1.82) is 0 Å². The number of hydrogen-bond acceptors (Lipinski definition) is 4. The van der Waals surface area contributed by atoms with Gasteiger partial charge in [-0.3, -0.25) is 4.79 Å². The number of carbonyl (C=O) groups excluding carboxylic acids is 1. The normalized spacial score (nSPS) is 24.4. The Morgan fingerprint density at radius 1 is 1.28 bits per heavy atom. The highest BCUT2D eigenvalue weighted by molar-refractivity contribution is 7.89. The average Bonchev–Trinajstić information content (AvgIpc) is 3.14. The Morgan fingerprint density at radius 2 is 2.12 bits per heavy atom. The van der Waals surface area contributed by atoms with Crippen LogP contribution in [0.15, 0.2) is 29.2 Å². The fraction of sp³-hybridized carbons (Fsp3) is 0.611. The minimum atomic E-state index is -3.65. The fourth-order valence-corrected chi connectivity index (χ4v) is 4.57. The number of amides is 1. The van der Waals surface area contributed by atoms with E-state index in [4.69, 9.17) is 4.74 Å². The zero-order valence-electron chi connectivity index (χ0n) is 14.6. The molecule has 1 N–H and O–H groups in total. The van der Waals surface area contributed by atoms with E-state index in [1.54, 1.807) is 12.1 Å². The summed E-state index contributed by atoms with van der Waals surface area (Å²) in [7, 11) is -3.65. The second-order valence-electron chi connectivity index (χ2n) is 6.86. The molecule has 6 nitrogen and oxygen atoms in total. The van der Waals surface area contributed by atoms with E-state index in [-0.39, 0.29) is 29.5 Å². The topological polar surface area (TPSA) is 75.7 Å². The number of piperidine rings is 1. The summed E-state index contributed by atoms with van der Waals surface area (Å²) in [5, 5.41) is 0. The van der Waals surface area contributed by atoms with E-state index >= 15 is 0 Å². The first-order valence-corrected chi connectivity index (χ1v) is 10.5. The minimum Gasteiger partial charge on any atom is -0.377 e. The molecule has 2 fully saturated rings. The maximum Gasteiger partial charge on any atom is 0.254 e. The van der Waals surface area contributed by atoms with Gasteiger partial charge in [0, 0.05) is 31.3 Å². The van der Waals surface area contributed by atoms with Gasteiger partial charge in [-0.05, 0) is 57.2 Å². The molecule has 2 atom stereocenters. The highest BCUT2D eigenvalue weighted by Gasteiger charge is 2.26. The molecule has 1 aromatic rings. The second kappa shape index (κ2) is 7.85. The molecule has 3 rings (SSSR count). The first kappa shape index (κ1) is 18.4. The molecule has 0 aromatic heterocycles. The summed E-state index contributed by atoms with van der Waals surface area (Å²) in [6, 6.07) is 6.50. The van der Waals surface area contributed by atoms with Crippen molar-refractivity contribution in [3.63, 3.8) is 0 Å². The Labute approximate surface area is 149 Å². The minimum absolute atomic E-state index is 0.0613. The number of ether oxygens (including phenoxy) is 1. The SMILES string of the molecule is CC1CCCCN1C(=O)c1cccc(S(=O)(=O)NCC2CCCO2)c1. The molecule has 0 saturated carbocycles. The van der Waals surface area contributed by atoms with Gasteiger partial charge >= 0.3 is 0 Å². The van der Waals surface area contributed by atoms with Crippen LogP contribution in [0.25, 0.3) is 0 Å². The van der Waals surface area contributed by atoms with Crippen LogP contribution in [0.4, 0.5) is 0 Å². The Kier molecular flexibility index (Phi) is 5.76. The summed E-state index contributed by atoms with van der Waals surface area (Å²) in [5.74, 6) is -0.0941. The smallest absolute Gasteiger partial charge is 0.254 e. The standard InChI is InChI=1S/C18H26N2O4S/c1-14-6-2-3-10-20(14)18(21)15-7-4-9-17(12-15)25(22,23)19-13-16-8-5-11-24-16/h4,7,9,12,14,16,19H,2-3,5-6,8,10-11,13H2,1H3. The van der Waals surface area contributed by atoms with Gasteiger partial charge in [-0.2, -0.15) is 0 Å². The maximum atomic E-state index is 12.7. The van der Waals surface area contributed by atoms with E-state index in [1.165, 1.54) is 12.1 Å². The van der Waals surface area contributed by atoms with Crippen LogP contribution in [0.1, 0.15) is 49.4 Å². The third-order valence-corrected chi connectivity index (χ3v) is 6.40. The lowest BCUT2D eigenvalue weighted by molar-refractivity contribution is 0.0635. The number of hydrogen-bond donors (Lipinski definition) is 1. The van der Waals surface area contributed by atoms with Gasteiger partial charge in [0.1, 0.15) is 0 Å². The zero-order valence-corrected chi connectivity index (χ0v) is 15.4. The van der Waals surface area contributed by atoms with Crippen LogP contribution >= 0.6 is 0 Å². The summed E-state index contributed by atoms with van der Waals surface area (Å²) >= 11 is 0.